The van der Waals surface area contributed by atoms with Crippen LogP contribution in [0.3, 0.4) is 0 Å². The molecule has 0 aliphatic carbocycles. The lowest BCUT2D eigenvalue weighted by Gasteiger charge is -2.20. The molecule has 3 nitrogen and oxygen atoms in total. The third-order valence-corrected chi connectivity index (χ3v) is 4.39. The van der Waals surface area contributed by atoms with E-state index in [2.05, 4.69) is 77.1 Å². The van der Waals surface area contributed by atoms with E-state index < -0.39 is 0 Å². The molecule has 0 saturated heterocycles. The minimum absolute atomic E-state index is 0.379. The van der Waals surface area contributed by atoms with Gasteiger partial charge in [0, 0.05) is 19.1 Å². The molecule has 0 radical (unpaired) electrons. The van der Waals surface area contributed by atoms with Gasteiger partial charge in [0.2, 0.25) is 0 Å². The minimum Gasteiger partial charge on any atom is -0.356 e. The Labute approximate surface area is 145 Å². The van der Waals surface area contributed by atoms with E-state index in [9.17, 15) is 0 Å². The molecular weight excluding hydrogens is 294 g/mol. The number of guanidine groups is 1. The summed E-state index contributed by atoms with van der Waals surface area (Å²) in [6.07, 6.45) is 4.34. The van der Waals surface area contributed by atoms with E-state index >= 15 is 0 Å². The van der Waals surface area contributed by atoms with E-state index in [4.69, 9.17) is 0 Å². The highest BCUT2D eigenvalue weighted by Crippen LogP contribution is 2.10. The van der Waals surface area contributed by atoms with Crippen LogP contribution in [0.15, 0.2) is 59.6 Å². The molecular formula is C21H27N3. The predicted octanol–water partition coefficient (Wildman–Crippen LogP) is 3.34. The van der Waals surface area contributed by atoms with Crippen molar-refractivity contribution < 1.29 is 0 Å². The molecule has 126 valence electrons. The van der Waals surface area contributed by atoms with Crippen molar-refractivity contribution in [2.75, 3.05) is 13.1 Å². The van der Waals surface area contributed by atoms with Crippen LogP contribution in [0.4, 0.5) is 0 Å². The van der Waals surface area contributed by atoms with Crippen molar-refractivity contribution in [1.82, 2.24) is 10.6 Å². The van der Waals surface area contributed by atoms with E-state index in [0.717, 1.165) is 44.7 Å². The predicted molar refractivity (Wildman–Crippen MR) is 102 cm³/mol. The van der Waals surface area contributed by atoms with Crippen LogP contribution in [-0.4, -0.2) is 25.1 Å². The standard InChI is InChI=1S/C21H27N3/c1-17(24-21-22-14-5-15-23-21)16-20-12-10-19(11-13-20)9-8-18-6-3-2-4-7-18/h2-4,6-7,10-13,17H,5,8-9,14-16H2,1H3,(H2,22,23,24). The molecule has 0 saturated carbocycles. The molecule has 3 rings (SSSR count). The summed E-state index contributed by atoms with van der Waals surface area (Å²) in [5.74, 6) is 0.952. The molecule has 0 amide bonds. The summed E-state index contributed by atoms with van der Waals surface area (Å²) in [5.41, 5.74) is 4.18. The van der Waals surface area contributed by atoms with E-state index in [1.807, 2.05) is 0 Å². The Morgan fingerprint density at radius 2 is 1.62 bits per heavy atom. The van der Waals surface area contributed by atoms with Crippen LogP contribution in [0, 0.1) is 0 Å². The fourth-order valence-corrected chi connectivity index (χ4v) is 3.04. The summed E-state index contributed by atoms with van der Waals surface area (Å²) in [6, 6.07) is 20.1. The molecule has 1 atom stereocenters. The smallest absolute Gasteiger partial charge is 0.191 e. The third-order valence-electron chi connectivity index (χ3n) is 4.39. The molecule has 24 heavy (non-hydrogen) atoms. The SMILES string of the molecule is CC(Cc1ccc(CCc2ccccc2)cc1)NC1=NCCCN1. The molecule has 0 bridgehead atoms. The van der Waals surface area contributed by atoms with E-state index in [1.54, 1.807) is 0 Å². The molecule has 3 heteroatoms. The van der Waals surface area contributed by atoms with Crippen molar-refractivity contribution in [2.45, 2.75) is 38.6 Å². The summed E-state index contributed by atoms with van der Waals surface area (Å²) in [6.45, 7) is 4.16. The largest absolute Gasteiger partial charge is 0.356 e. The highest BCUT2D eigenvalue weighted by atomic mass is 15.2. The van der Waals surface area contributed by atoms with Gasteiger partial charge in [-0.1, -0.05) is 54.6 Å². The van der Waals surface area contributed by atoms with Crippen molar-refractivity contribution in [3.05, 3.63) is 71.3 Å². The van der Waals surface area contributed by atoms with E-state index in [0.29, 0.717) is 6.04 Å². The highest BCUT2D eigenvalue weighted by Gasteiger charge is 2.08. The van der Waals surface area contributed by atoms with Gasteiger partial charge in [-0.3, -0.25) is 4.99 Å². The second-order valence-corrected chi connectivity index (χ2v) is 6.56. The zero-order valence-electron chi connectivity index (χ0n) is 14.5. The molecule has 2 aromatic rings. The van der Waals surface area contributed by atoms with Crippen molar-refractivity contribution in [1.29, 1.82) is 0 Å². The first-order valence-electron chi connectivity index (χ1n) is 8.96. The average molecular weight is 321 g/mol. The first-order valence-corrected chi connectivity index (χ1v) is 8.96. The van der Waals surface area contributed by atoms with Crippen LogP contribution in [0.2, 0.25) is 0 Å². The average Bonchev–Trinajstić information content (AvgIpc) is 2.63. The number of aryl methyl sites for hydroxylation is 2. The van der Waals surface area contributed by atoms with Crippen LogP contribution in [-0.2, 0) is 19.3 Å². The van der Waals surface area contributed by atoms with Crippen molar-refractivity contribution in [2.24, 2.45) is 4.99 Å². The van der Waals surface area contributed by atoms with Crippen LogP contribution in [0.5, 0.6) is 0 Å². The lowest BCUT2D eigenvalue weighted by molar-refractivity contribution is 0.619. The van der Waals surface area contributed by atoms with Crippen molar-refractivity contribution in [3.8, 4) is 0 Å². The summed E-state index contributed by atoms with van der Waals surface area (Å²) in [7, 11) is 0. The molecule has 0 spiro atoms. The second-order valence-electron chi connectivity index (χ2n) is 6.56. The van der Waals surface area contributed by atoms with E-state index in [-0.39, 0.29) is 0 Å². The number of hydrogen-bond acceptors (Lipinski definition) is 3. The highest BCUT2D eigenvalue weighted by molar-refractivity contribution is 5.80. The molecule has 1 unspecified atom stereocenters. The Morgan fingerprint density at radius 1 is 0.958 bits per heavy atom. The number of benzene rings is 2. The number of nitrogens with zero attached hydrogens (tertiary/aromatic N) is 1. The van der Waals surface area contributed by atoms with Crippen LogP contribution < -0.4 is 10.6 Å². The van der Waals surface area contributed by atoms with Crippen LogP contribution >= 0.6 is 0 Å². The number of hydrogen-bond donors (Lipinski definition) is 2. The van der Waals surface area contributed by atoms with Gasteiger partial charge in [0.1, 0.15) is 0 Å². The third kappa shape index (κ3) is 5.12. The summed E-state index contributed by atoms with van der Waals surface area (Å²) < 4.78 is 0. The molecule has 1 heterocycles. The maximum atomic E-state index is 4.47. The molecule has 1 aliphatic rings. The fraction of sp³-hybridized carbons (Fsp3) is 0.381. The summed E-state index contributed by atoms with van der Waals surface area (Å²) in [4.78, 5) is 4.47. The maximum Gasteiger partial charge on any atom is 0.191 e. The van der Waals surface area contributed by atoms with Gasteiger partial charge in [-0.25, -0.2) is 0 Å². The van der Waals surface area contributed by atoms with E-state index in [1.165, 1.54) is 16.7 Å². The first kappa shape index (κ1) is 16.6. The van der Waals surface area contributed by atoms with Gasteiger partial charge in [-0.2, -0.15) is 0 Å². The Bertz CT molecular complexity index is 647. The first-order chi connectivity index (χ1) is 11.8. The monoisotopic (exact) mass is 321 g/mol. The lowest BCUT2D eigenvalue weighted by Crippen LogP contribution is -2.45. The molecule has 2 aromatic carbocycles. The van der Waals surface area contributed by atoms with Gasteiger partial charge in [-0.15, -0.1) is 0 Å². The quantitative estimate of drug-likeness (QED) is 0.856. The van der Waals surface area contributed by atoms with Gasteiger partial charge in [0.05, 0.1) is 0 Å². The summed E-state index contributed by atoms with van der Waals surface area (Å²) >= 11 is 0. The fourth-order valence-electron chi connectivity index (χ4n) is 3.04. The Hall–Kier alpha value is -2.29. The zero-order valence-corrected chi connectivity index (χ0v) is 14.5. The minimum atomic E-state index is 0.379. The molecule has 0 aromatic heterocycles. The van der Waals surface area contributed by atoms with Crippen LogP contribution in [0.1, 0.15) is 30.0 Å². The van der Waals surface area contributed by atoms with Gasteiger partial charge >= 0.3 is 0 Å². The molecule has 1 aliphatic heterocycles. The second kappa shape index (κ2) is 8.53. The Balaban J connectivity index is 1.48. The Kier molecular flexibility index (Phi) is 5.89. The number of nitrogens with one attached hydrogen (secondary N) is 2. The van der Waals surface area contributed by atoms with Crippen molar-refractivity contribution in [3.63, 3.8) is 0 Å². The zero-order chi connectivity index (χ0) is 16.6. The molecule has 0 fully saturated rings. The Morgan fingerprint density at radius 3 is 2.29 bits per heavy atom. The molecule has 2 N–H and O–H groups in total. The van der Waals surface area contributed by atoms with Crippen molar-refractivity contribution >= 4 is 5.96 Å². The number of rotatable bonds is 6. The lowest BCUT2D eigenvalue weighted by atomic mass is 10.0. The van der Waals surface area contributed by atoms with Gasteiger partial charge in [0.25, 0.3) is 0 Å². The summed E-state index contributed by atoms with van der Waals surface area (Å²) in [5, 5.41) is 6.78. The van der Waals surface area contributed by atoms with Gasteiger partial charge in [-0.05, 0) is 49.3 Å². The van der Waals surface area contributed by atoms with Gasteiger partial charge in [0.15, 0.2) is 5.96 Å². The van der Waals surface area contributed by atoms with Crippen LogP contribution in [0.25, 0.3) is 0 Å². The maximum absolute atomic E-state index is 4.47. The topological polar surface area (TPSA) is 36.4 Å². The number of aliphatic imine (C=N–C) groups is 1. The van der Waals surface area contributed by atoms with Gasteiger partial charge < -0.3 is 10.6 Å². The normalized spacial score (nSPS) is 15.3.